The van der Waals surface area contributed by atoms with Gasteiger partial charge in [-0.2, -0.15) is 0 Å². The van der Waals surface area contributed by atoms with Crippen LogP contribution in [0.1, 0.15) is 11.6 Å². The second-order valence-corrected chi connectivity index (χ2v) is 5.76. The first kappa shape index (κ1) is 18.1. The van der Waals surface area contributed by atoms with E-state index in [1.807, 2.05) is 0 Å². The average Bonchev–Trinajstić information content (AvgIpc) is 2.69. The van der Waals surface area contributed by atoms with E-state index >= 15 is 0 Å². The molecular formula is C19H17N3O5. The number of hydrogen-bond acceptors (Lipinski definition) is 5. The summed E-state index contributed by atoms with van der Waals surface area (Å²) in [4.78, 5) is 52.3. The van der Waals surface area contributed by atoms with E-state index in [4.69, 9.17) is 0 Å². The zero-order valence-electron chi connectivity index (χ0n) is 14.5. The third kappa shape index (κ3) is 3.64. The summed E-state index contributed by atoms with van der Waals surface area (Å²) in [5.74, 6) is -1.32. The molecule has 0 aliphatic heterocycles. The number of benzene rings is 2. The lowest BCUT2D eigenvalue weighted by Gasteiger charge is -2.19. The number of nitrogens with one attached hydrogen (secondary N) is 2. The Morgan fingerprint density at radius 1 is 1.07 bits per heavy atom. The van der Waals surface area contributed by atoms with Crippen LogP contribution in [-0.4, -0.2) is 35.1 Å². The summed E-state index contributed by atoms with van der Waals surface area (Å²) in [6.45, 7) is -0.376. The van der Waals surface area contributed by atoms with E-state index in [0.717, 1.165) is 4.57 Å². The summed E-state index contributed by atoms with van der Waals surface area (Å²) in [7, 11) is 1.20. The fraction of sp³-hybridized carbons (Fsp3) is 0.158. The summed E-state index contributed by atoms with van der Waals surface area (Å²) >= 11 is 0. The van der Waals surface area contributed by atoms with E-state index < -0.39 is 29.2 Å². The van der Waals surface area contributed by atoms with Gasteiger partial charge in [-0.15, -0.1) is 0 Å². The van der Waals surface area contributed by atoms with Crippen LogP contribution in [0.15, 0.2) is 64.2 Å². The molecule has 1 unspecified atom stereocenters. The monoisotopic (exact) mass is 367 g/mol. The zero-order chi connectivity index (χ0) is 19.4. The smallest absolute Gasteiger partial charge is 0.329 e. The number of esters is 1. The first-order valence-electron chi connectivity index (χ1n) is 8.16. The second-order valence-electron chi connectivity index (χ2n) is 5.76. The maximum atomic E-state index is 12.9. The maximum Gasteiger partial charge on any atom is 0.329 e. The molecule has 0 fully saturated rings. The van der Waals surface area contributed by atoms with Gasteiger partial charge >= 0.3 is 11.7 Å². The summed E-state index contributed by atoms with van der Waals surface area (Å²) in [5, 5.41) is 2.68. The van der Waals surface area contributed by atoms with Gasteiger partial charge in [0.15, 0.2) is 0 Å². The predicted octanol–water partition coefficient (Wildman–Crippen LogP) is 0.568. The fourth-order valence-electron chi connectivity index (χ4n) is 2.79. The number of carbonyl (C=O) groups excluding carboxylic acids is 2. The van der Waals surface area contributed by atoms with E-state index in [-0.39, 0.29) is 11.9 Å². The van der Waals surface area contributed by atoms with Crippen LogP contribution in [-0.2, 0) is 14.3 Å². The van der Waals surface area contributed by atoms with E-state index in [1.54, 1.807) is 54.6 Å². The molecule has 0 aliphatic rings. The Morgan fingerprint density at radius 2 is 1.74 bits per heavy atom. The topological polar surface area (TPSA) is 110 Å². The highest BCUT2D eigenvalue weighted by atomic mass is 16.5. The van der Waals surface area contributed by atoms with Gasteiger partial charge in [0, 0.05) is 0 Å². The number of hydrogen-bond donors (Lipinski definition) is 2. The van der Waals surface area contributed by atoms with Crippen LogP contribution in [0.2, 0.25) is 0 Å². The number of H-pyrrole nitrogens is 1. The Hall–Kier alpha value is -3.68. The standard InChI is InChI=1S/C19H17N3O5/c1-27-15(23)11-20-17(24)16(12-7-3-2-4-8-12)22-18(25)13-9-5-6-10-14(13)21-19(22)26/h2-10,16H,11H2,1H3,(H,20,24)(H,21,26). The normalized spacial score (nSPS) is 11.7. The first-order chi connectivity index (χ1) is 13.0. The van der Waals surface area contributed by atoms with Crippen molar-refractivity contribution in [2.75, 3.05) is 13.7 Å². The number of fused-ring (bicyclic) bond motifs is 1. The minimum Gasteiger partial charge on any atom is -0.468 e. The molecule has 27 heavy (non-hydrogen) atoms. The van der Waals surface area contributed by atoms with Gasteiger partial charge in [-0.3, -0.25) is 14.4 Å². The lowest BCUT2D eigenvalue weighted by Crippen LogP contribution is -2.46. The fourth-order valence-corrected chi connectivity index (χ4v) is 2.79. The molecule has 1 amide bonds. The zero-order valence-corrected chi connectivity index (χ0v) is 14.5. The van der Waals surface area contributed by atoms with E-state index in [1.165, 1.54) is 7.11 Å². The Labute approximate surface area is 153 Å². The minimum absolute atomic E-state index is 0.277. The summed E-state index contributed by atoms with van der Waals surface area (Å²) in [6.07, 6.45) is 0. The van der Waals surface area contributed by atoms with Crippen LogP contribution < -0.4 is 16.6 Å². The Kier molecular flexibility index (Phi) is 5.16. The van der Waals surface area contributed by atoms with Crippen LogP contribution in [0.25, 0.3) is 10.9 Å². The minimum atomic E-state index is -1.24. The summed E-state index contributed by atoms with van der Waals surface area (Å²) in [6, 6.07) is 13.7. The Balaban J connectivity index is 2.15. The van der Waals surface area contributed by atoms with Gasteiger partial charge in [0.25, 0.3) is 5.56 Å². The number of aromatic amines is 1. The second kappa shape index (κ2) is 7.69. The van der Waals surface area contributed by atoms with Crippen molar-refractivity contribution in [3.05, 3.63) is 81.0 Å². The molecule has 0 aliphatic carbocycles. The van der Waals surface area contributed by atoms with Crippen molar-refractivity contribution in [1.82, 2.24) is 14.9 Å². The molecule has 0 saturated heterocycles. The maximum absolute atomic E-state index is 12.9. The van der Waals surface area contributed by atoms with Gasteiger partial charge in [0.1, 0.15) is 12.6 Å². The van der Waals surface area contributed by atoms with Crippen molar-refractivity contribution in [3.8, 4) is 0 Å². The molecule has 0 radical (unpaired) electrons. The molecule has 0 saturated carbocycles. The summed E-state index contributed by atoms with van der Waals surface area (Å²) < 4.78 is 5.36. The van der Waals surface area contributed by atoms with E-state index in [2.05, 4.69) is 15.0 Å². The SMILES string of the molecule is COC(=O)CNC(=O)C(c1ccccc1)n1c(=O)[nH]c2ccccc2c1=O. The Bertz CT molecular complexity index is 1100. The van der Waals surface area contributed by atoms with Gasteiger partial charge in [0.2, 0.25) is 5.91 Å². The number of amides is 1. The Morgan fingerprint density at radius 3 is 2.44 bits per heavy atom. The molecule has 1 heterocycles. The van der Waals surface area contributed by atoms with Crippen LogP contribution >= 0.6 is 0 Å². The molecule has 8 nitrogen and oxygen atoms in total. The van der Waals surface area contributed by atoms with E-state index in [9.17, 15) is 19.2 Å². The van der Waals surface area contributed by atoms with Crippen LogP contribution in [0, 0.1) is 0 Å². The van der Waals surface area contributed by atoms with Crippen molar-refractivity contribution >= 4 is 22.8 Å². The van der Waals surface area contributed by atoms with Gasteiger partial charge in [-0.05, 0) is 17.7 Å². The highest BCUT2D eigenvalue weighted by Crippen LogP contribution is 2.16. The third-order valence-corrected chi connectivity index (χ3v) is 4.09. The van der Waals surface area contributed by atoms with Crippen molar-refractivity contribution in [1.29, 1.82) is 0 Å². The lowest BCUT2D eigenvalue weighted by molar-refractivity contribution is -0.141. The lowest BCUT2D eigenvalue weighted by atomic mass is 10.1. The highest BCUT2D eigenvalue weighted by molar-refractivity contribution is 5.87. The predicted molar refractivity (Wildman–Crippen MR) is 98.4 cm³/mol. The van der Waals surface area contributed by atoms with Crippen LogP contribution in [0.4, 0.5) is 0 Å². The van der Waals surface area contributed by atoms with E-state index in [0.29, 0.717) is 11.1 Å². The molecule has 2 aromatic carbocycles. The number of carbonyl (C=O) groups is 2. The number of aromatic nitrogens is 2. The largest absolute Gasteiger partial charge is 0.468 e. The number of rotatable bonds is 5. The van der Waals surface area contributed by atoms with Gasteiger partial charge in [0.05, 0.1) is 18.0 Å². The number of para-hydroxylation sites is 1. The molecule has 1 atom stereocenters. The first-order valence-corrected chi connectivity index (χ1v) is 8.16. The molecule has 3 rings (SSSR count). The third-order valence-electron chi connectivity index (χ3n) is 4.09. The van der Waals surface area contributed by atoms with Gasteiger partial charge < -0.3 is 15.0 Å². The molecule has 8 heteroatoms. The van der Waals surface area contributed by atoms with Crippen LogP contribution in [0.3, 0.4) is 0 Å². The number of nitrogens with zero attached hydrogens (tertiary/aromatic N) is 1. The molecule has 0 bridgehead atoms. The van der Waals surface area contributed by atoms with Crippen molar-refractivity contribution in [2.45, 2.75) is 6.04 Å². The number of ether oxygens (including phenoxy) is 1. The molecule has 3 aromatic rings. The molecule has 138 valence electrons. The molecule has 0 spiro atoms. The highest BCUT2D eigenvalue weighted by Gasteiger charge is 2.27. The average molecular weight is 367 g/mol. The number of methoxy groups -OCH3 is 1. The quantitative estimate of drug-likeness (QED) is 0.641. The van der Waals surface area contributed by atoms with Crippen molar-refractivity contribution < 1.29 is 14.3 Å². The van der Waals surface area contributed by atoms with Crippen molar-refractivity contribution in [3.63, 3.8) is 0 Å². The molecule has 1 aromatic heterocycles. The summed E-state index contributed by atoms with van der Waals surface area (Å²) in [5.41, 5.74) is -0.509. The van der Waals surface area contributed by atoms with Crippen molar-refractivity contribution in [2.24, 2.45) is 0 Å². The molecular weight excluding hydrogens is 350 g/mol. The van der Waals surface area contributed by atoms with Gasteiger partial charge in [-0.25, -0.2) is 9.36 Å². The van der Waals surface area contributed by atoms with Gasteiger partial charge in [-0.1, -0.05) is 42.5 Å². The molecule has 2 N–H and O–H groups in total. The van der Waals surface area contributed by atoms with Crippen LogP contribution in [0.5, 0.6) is 0 Å².